The van der Waals surface area contributed by atoms with Crippen molar-refractivity contribution in [1.82, 2.24) is 5.43 Å². The second-order valence-electron chi connectivity index (χ2n) is 3.80. The molecule has 8 heteroatoms. The van der Waals surface area contributed by atoms with Crippen LogP contribution in [0.3, 0.4) is 0 Å². The van der Waals surface area contributed by atoms with Gasteiger partial charge in [-0.1, -0.05) is 27.5 Å². The molecule has 0 aliphatic rings. The number of hydrogen-bond donors (Lipinski definition) is 1. The van der Waals surface area contributed by atoms with E-state index in [0.29, 0.717) is 10.8 Å². The van der Waals surface area contributed by atoms with E-state index in [1.54, 1.807) is 24.4 Å². The molecule has 0 saturated carbocycles. The first-order valence-electron chi connectivity index (χ1n) is 5.69. The third-order valence-electron chi connectivity index (χ3n) is 2.23. The molecule has 0 radical (unpaired) electrons. The van der Waals surface area contributed by atoms with E-state index >= 15 is 0 Å². The second kappa shape index (κ2) is 7.93. The van der Waals surface area contributed by atoms with Gasteiger partial charge >= 0.3 is 0 Å². The summed E-state index contributed by atoms with van der Waals surface area (Å²) in [4.78, 5) is 12.5. The zero-order valence-corrected chi connectivity index (χ0v) is 15.2. The predicted molar refractivity (Wildman–Crippen MR) is 92.4 cm³/mol. The highest BCUT2D eigenvalue weighted by molar-refractivity contribution is 9.11. The average molecular weight is 453 g/mol. The van der Waals surface area contributed by atoms with Crippen LogP contribution in [0.2, 0.25) is 5.02 Å². The highest BCUT2D eigenvalue weighted by atomic mass is 79.9. The number of halogens is 3. The molecule has 1 heterocycles. The zero-order chi connectivity index (χ0) is 15.2. The Morgan fingerprint density at radius 1 is 1.38 bits per heavy atom. The maximum atomic E-state index is 11.6. The van der Waals surface area contributed by atoms with Gasteiger partial charge in [0.05, 0.1) is 15.0 Å². The van der Waals surface area contributed by atoms with Crippen LogP contribution >= 0.6 is 54.8 Å². The highest BCUT2D eigenvalue weighted by Crippen LogP contribution is 2.27. The number of thiophene rings is 1. The van der Waals surface area contributed by atoms with Crippen molar-refractivity contribution in [3.8, 4) is 5.75 Å². The van der Waals surface area contributed by atoms with E-state index in [-0.39, 0.29) is 12.5 Å². The molecule has 2 rings (SSSR count). The van der Waals surface area contributed by atoms with Crippen LogP contribution in [0.1, 0.15) is 4.88 Å². The van der Waals surface area contributed by atoms with Gasteiger partial charge in [0.2, 0.25) is 0 Å². The van der Waals surface area contributed by atoms with E-state index in [1.807, 2.05) is 12.1 Å². The molecule has 1 aromatic carbocycles. The number of ether oxygens (including phenoxy) is 1. The lowest BCUT2D eigenvalue weighted by molar-refractivity contribution is -0.123. The second-order valence-corrected chi connectivity index (χ2v) is 7.62. The summed E-state index contributed by atoms with van der Waals surface area (Å²) in [7, 11) is 0. The maximum Gasteiger partial charge on any atom is 0.277 e. The Balaban J connectivity index is 1.81. The summed E-state index contributed by atoms with van der Waals surface area (Å²) in [5.41, 5.74) is 2.39. The highest BCUT2D eigenvalue weighted by Gasteiger charge is 2.05. The van der Waals surface area contributed by atoms with Crippen molar-refractivity contribution in [2.75, 3.05) is 6.61 Å². The van der Waals surface area contributed by atoms with Crippen LogP contribution in [0.4, 0.5) is 0 Å². The molecule has 1 N–H and O–H groups in total. The molecule has 0 aliphatic heterocycles. The molecule has 0 unspecified atom stereocenters. The Labute approximate surface area is 147 Å². The lowest BCUT2D eigenvalue weighted by Gasteiger charge is -2.06. The number of carbonyl (C=O) groups excluding carboxylic acids is 1. The average Bonchev–Trinajstić information content (AvgIpc) is 2.83. The van der Waals surface area contributed by atoms with Gasteiger partial charge in [-0.2, -0.15) is 5.10 Å². The summed E-state index contributed by atoms with van der Waals surface area (Å²) in [5.74, 6) is 0.0852. The van der Waals surface area contributed by atoms with Gasteiger partial charge in [0.25, 0.3) is 5.91 Å². The standard InChI is InChI=1S/C13H9Br2ClN2O2S/c14-8-1-3-11(10(16)5-8)20-7-13(19)18-17-6-9-2-4-12(15)21-9/h1-6H,7H2,(H,18,19). The number of carbonyl (C=O) groups is 1. The molecule has 0 fully saturated rings. The number of benzene rings is 1. The van der Waals surface area contributed by atoms with Gasteiger partial charge in [0.15, 0.2) is 6.61 Å². The molecule has 0 spiro atoms. The number of rotatable bonds is 5. The van der Waals surface area contributed by atoms with Gasteiger partial charge in [-0.3, -0.25) is 4.79 Å². The third-order valence-corrected chi connectivity index (χ3v) is 4.57. The lowest BCUT2D eigenvalue weighted by Crippen LogP contribution is -2.24. The van der Waals surface area contributed by atoms with Gasteiger partial charge in [0, 0.05) is 9.35 Å². The number of hydrazone groups is 1. The minimum absolute atomic E-state index is 0.160. The van der Waals surface area contributed by atoms with E-state index in [2.05, 4.69) is 42.4 Å². The predicted octanol–water partition coefficient (Wildman–Crippen LogP) is 4.46. The Morgan fingerprint density at radius 2 is 2.19 bits per heavy atom. The normalized spacial score (nSPS) is 10.8. The van der Waals surface area contributed by atoms with Crippen molar-refractivity contribution in [3.05, 3.63) is 48.5 Å². The fourth-order valence-electron chi connectivity index (χ4n) is 1.33. The van der Waals surface area contributed by atoms with Crippen LogP contribution in [0.15, 0.2) is 43.7 Å². The quantitative estimate of drug-likeness (QED) is 0.538. The number of amides is 1. The topological polar surface area (TPSA) is 50.7 Å². The fraction of sp³-hybridized carbons (Fsp3) is 0.0769. The van der Waals surface area contributed by atoms with Crippen molar-refractivity contribution in [2.24, 2.45) is 5.10 Å². The van der Waals surface area contributed by atoms with Gasteiger partial charge in [-0.25, -0.2) is 5.43 Å². The molecule has 4 nitrogen and oxygen atoms in total. The van der Waals surface area contributed by atoms with Gasteiger partial charge < -0.3 is 4.74 Å². The first-order valence-corrected chi connectivity index (χ1v) is 8.48. The molecular weight excluding hydrogens is 443 g/mol. The summed E-state index contributed by atoms with van der Waals surface area (Å²) in [6.45, 7) is -0.160. The van der Waals surface area contributed by atoms with Crippen LogP contribution in [0.5, 0.6) is 5.75 Å². The molecule has 2 aromatic rings. The third kappa shape index (κ3) is 5.43. The van der Waals surface area contributed by atoms with E-state index in [4.69, 9.17) is 16.3 Å². The summed E-state index contributed by atoms with van der Waals surface area (Å²) in [6.07, 6.45) is 1.57. The Morgan fingerprint density at radius 3 is 2.86 bits per heavy atom. The van der Waals surface area contributed by atoms with Crippen LogP contribution < -0.4 is 10.2 Å². The van der Waals surface area contributed by atoms with Crippen molar-refractivity contribution >= 4 is 66.9 Å². The molecule has 21 heavy (non-hydrogen) atoms. The minimum atomic E-state index is -0.360. The monoisotopic (exact) mass is 450 g/mol. The minimum Gasteiger partial charge on any atom is -0.482 e. The van der Waals surface area contributed by atoms with E-state index in [1.165, 1.54) is 11.3 Å². The Hall–Kier alpha value is -0.890. The van der Waals surface area contributed by atoms with Gasteiger partial charge in [-0.05, 0) is 46.3 Å². The van der Waals surface area contributed by atoms with Crippen molar-refractivity contribution in [1.29, 1.82) is 0 Å². The van der Waals surface area contributed by atoms with Crippen LogP contribution in [0, 0.1) is 0 Å². The first-order chi connectivity index (χ1) is 10.0. The van der Waals surface area contributed by atoms with Gasteiger partial charge in [-0.15, -0.1) is 11.3 Å². The molecule has 110 valence electrons. The summed E-state index contributed by atoms with van der Waals surface area (Å²) in [5, 5.41) is 4.28. The number of nitrogens with zero attached hydrogens (tertiary/aromatic N) is 1. The lowest BCUT2D eigenvalue weighted by atomic mass is 10.3. The molecular formula is C13H9Br2ClN2O2S. The molecule has 1 amide bonds. The SMILES string of the molecule is O=C(COc1ccc(Br)cc1Cl)NN=Cc1ccc(Br)s1. The maximum absolute atomic E-state index is 11.6. The summed E-state index contributed by atoms with van der Waals surface area (Å²) in [6, 6.07) is 8.97. The van der Waals surface area contributed by atoms with Crippen LogP contribution in [-0.2, 0) is 4.79 Å². The summed E-state index contributed by atoms with van der Waals surface area (Å²) < 4.78 is 7.16. The van der Waals surface area contributed by atoms with E-state index < -0.39 is 0 Å². The van der Waals surface area contributed by atoms with Crippen LogP contribution in [0.25, 0.3) is 0 Å². The Bertz CT molecular complexity index is 676. The van der Waals surface area contributed by atoms with Crippen molar-refractivity contribution in [3.63, 3.8) is 0 Å². The number of hydrogen-bond acceptors (Lipinski definition) is 4. The van der Waals surface area contributed by atoms with Crippen molar-refractivity contribution < 1.29 is 9.53 Å². The van der Waals surface area contributed by atoms with Crippen LogP contribution in [-0.4, -0.2) is 18.7 Å². The first kappa shape index (κ1) is 16.5. The fourth-order valence-corrected chi connectivity index (χ4v) is 3.36. The summed E-state index contributed by atoms with van der Waals surface area (Å²) >= 11 is 14.1. The van der Waals surface area contributed by atoms with E-state index in [9.17, 15) is 4.79 Å². The molecule has 1 aromatic heterocycles. The molecule has 0 saturated heterocycles. The molecule has 0 aliphatic carbocycles. The molecule has 0 bridgehead atoms. The largest absolute Gasteiger partial charge is 0.482 e. The number of nitrogens with one attached hydrogen (secondary N) is 1. The Kier molecular flexibility index (Phi) is 6.22. The zero-order valence-electron chi connectivity index (χ0n) is 10.5. The van der Waals surface area contributed by atoms with Crippen molar-refractivity contribution in [2.45, 2.75) is 0 Å². The van der Waals surface area contributed by atoms with E-state index in [0.717, 1.165) is 13.1 Å². The smallest absolute Gasteiger partial charge is 0.277 e. The van der Waals surface area contributed by atoms with Gasteiger partial charge in [0.1, 0.15) is 5.75 Å². The molecule has 0 atom stereocenters.